The average Bonchev–Trinajstić information content (AvgIpc) is 2.47. The van der Waals surface area contributed by atoms with Crippen molar-refractivity contribution in [1.29, 1.82) is 0 Å². The Balaban J connectivity index is 2.88. The summed E-state index contributed by atoms with van der Waals surface area (Å²) in [6, 6.07) is 0. The molecule has 0 aliphatic carbocycles. The molecule has 1 heterocycles. The SMILES string of the molecule is C=C(C)c1[nH]cnc1N=NN(C)C. The van der Waals surface area contributed by atoms with Gasteiger partial charge >= 0.3 is 0 Å². The van der Waals surface area contributed by atoms with E-state index in [0.29, 0.717) is 5.82 Å². The summed E-state index contributed by atoms with van der Waals surface area (Å²) in [5, 5.41) is 9.39. The minimum atomic E-state index is 0.571. The van der Waals surface area contributed by atoms with Crippen LogP contribution in [0.2, 0.25) is 0 Å². The lowest BCUT2D eigenvalue weighted by Crippen LogP contribution is -1.99. The zero-order valence-electron chi connectivity index (χ0n) is 8.07. The van der Waals surface area contributed by atoms with Gasteiger partial charge < -0.3 is 4.98 Å². The normalized spacial score (nSPS) is 10.7. The summed E-state index contributed by atoms with van der Waals surface area (Å²) in [6.45, 7) is 5.69. The highest BCUT2D eigenvalue weighted by atomic mass is 15.5. The molecule has 5 heteroatoms. The van der Waals surface area contributed by atoms with Crippen molar-refractivity contribution in [2.45, 2.75) is 6.92 Å². The lowest BCUT2D eigenvalue weighted by molar-refractivity contribution is 0.408. The maximum Gasteiger partial charge on any atom is 0.201 e. The monoisotopic (exact) mass is 179 g/mol. The fourth-order valence-electron chi connectivity index (χ4n) is 0.809. The second kappa shape index (κ2) is 3.84. The lowest BCUT2D eigenvalue weighted by Gasteiger charge is -2.00. The number of rotatable bonds is 3. The molecule has 1 N–H and O–H groups in total. The number of nitrogens with one attached hydrogen (secondary N) is 1. The number of aromatic nitrogens is 2. The summed E-state index contributed by atoms with van der Waals surface area (Å²) in [5.74, 6) is 0.571. The topological polar surface area (TPSA) is 56.6 Å². The highest BCUT2D eigenvalue weighted by Crippen LogP contribution is 2.20. The molecule has 0 fully saturated rings. The van der Waals surface area contributed by atoms with E-state index in [4.69, 9.17) is 0 Å². The first-order valence-electron chi connectivity index (χ1n) is 3.89. The number of hydrogen-bond donors (Lipinski definition) is 1. The van der Waals surface area contributed by atoms with Crippen LogP contribution in [-0.2, 0) is 0 Å². The molecule has 0 atom stereocenters. The lowest BCUT2D eigenvalue weighted by atomic mass is 10.2. The minimum absolute atomic E-state index is 0.571. The van der Waals surface area contributed by atoms with Crippen LogP contribution in [0, 0.1) is 0 Å². The molecule has 0 aliphatic heterocycles. The van der Waals surface area contributed by atoms with Gasteiger partial charge in [0, 0.05) is 14.1 Å². The van der Waals surface area contributed by atoms with Crippen molar-refractivity contribution in [3.63, 3.8) is 0 Å². The van der Waals surface area contributed by atoms with E-state index in [-0.39, 0.29) is 0 Å². The molecule has 0 radical (unpaired) electrons. The summed E-state index contributed by atoms with van der Waals surface area (Å²) in [6.07, 6.45) is 1.58. The summed E-state index contributed by atoms with van der Waals surface area (Å²) < 4.78 is 0. The van der Waals surface area contributed by atoms with Crippen molar-refractivity contribution < 1.29 is 0 Å². The van der Waals surface area contributed by atoms with E-state index in [1.807, 2.05) is 6.92 Å². The molecule has 13 heavy (non-hydrogen) atoms. The number of imidazole rings is 1. The molecule has 1 rings (SSSR count). The van der Waals surface area contributed by atoms with Crippen molar-refractivity contribution in [1.82, 2.24) is 15.0 Å². The number of H-pyrrole nitrogens is 1. The first-order valence-corrected chi connectivity index (χ1v) is 3.89. The van der Waals surface area contributed by atoms with Gasteiger partial charge in [0.1, 0.15) is 0 Å². The van der Waals surface area contributed by atoms with Gasteiger partial charge in [0.05, 0.1) is 12.0 Å². The summed E-state index contributed by atoms with van der Waals surface area (Å²) in [7, 11) is 3.60. The second-order valence-electron chi connectivity index (χ2n) is 2.92. The number of allylic oxidation sites excluding steroid dienone is 1. The Labute approximate surface area is 77.2 Å². The Morgan fingerprint density at radius 3 is 2.85 bits per heavy atom. The standard InChI is InChI=1S/C8H13N5/c1-6(2)7-8(10-5-9-7)11-12-13(3)4/h5H,1H2,2-4H3,(H,9,10). The van der Waals surface area contributed by atoms with Crippen LogP contribution in [-0.4, -0.2) is 29.1 Å². The van der Waals surface area contributed by atoms with Crippen molar-refractivity contribution in [2.75, 3.05) is 14.1 Å². The van der Waals surface area contributed by atoms with Gasteiger partial charge in [-0.3, -0.25) is 5.01 Å². The van der Waals surface area contributed by atoms with Crippen LogP contribution in [0.3, 0.4) is 0 Å². The average molecular weight is 179 g/mol. The van der Waals surface area contributed by atoms with E-state index in [1.54, 1.807) is 25.4 Å². The largest absolute Gasteiger partial charge is 0.343 e. The van der Waals surface area contributed by atoms with Crippen LogP contribution in [0.15, 0.2) is 23.2 Å². The van der Waals surface area contributed by atoms with Gasteiger partial charge in [-0.25, -0.2) is 4.98 Å². The molecule has 0 bridgehead atoms. The summed E-state index contributed by atoms with van der Waals surface area (Å²) >= 11 is 0. The molecular formula is C8H13N5. The Kier molecular flexibility index (Phi) is 2.79. The van der Waals surface area contributed by atoms with Crippen molar-refractivity contribution in [3.05, 3.63) is 18.6 Å². The first kappa shape index (κ1) is 9.44. The van der Waals surface area contributed by atoms with E-state index >= 15 is 0 Å². The van der Waals surface area contributed by atoms with Gasteiger partial charge in [-0.15, -0.1) is 5.11 Å². The Bertz CT molecular complexity index is 323. The zero-order valence-corrected chi connectivity index (χ0v) is 8.07. The quantitative estimate of drug-likeness (QED) is 0.570. The first-order chi connectivity index (χ1) is 6.11. The molecule has 70 valence electrons. The highest BCUT2D eigenvalue weighted by Gasteiger charge is 2.04. The molecule has 0 saturated carbocycles. The Hall–Kier alpha value is -1.65. The third-order valence-corrected chi connectivity index (χ3v) is 1.36. The number of nitrogens with zero attached hydrogens (tertiary/aromatic N) is 4. The predicted molar refractivity (Wildman–Crippen MR) is 51.5 cm³/mol. The van der Waals surface area contributed by atoms with Crippen LogP contribution in [0.4, 0.5) is 5.82 Å². The van der Waals surface area contributed by atoms with Gasteiger partial charge in [0.25, 0.3) is 0 Å². The molecule has 0 spiro atoms. The molecule has 5 nitrogen and oxygen atoms in total. The number of hydrogen-bond acceptors (Lipinski definition) is 3. The van der Waals surface area contributed by atoms with Crippen LogP contribution in [0.5, 0.6) is 0 Å². The van der Waals surface area contributed by atoms with Crippen LogP contribution >= 0.6 is 0 Å². The third kappa shape index (κ3) is 2.40. The van der Waals surface area contributed by atoms with Crippen molar-refractivity contribution >= 4 is 11.4 Å². The molecule has 0 amide bonds. The molecule has 0 unspecified atom stereocenters. The van der Waals surface area contributed by atoms with Crippen LogP contribution < -0.4 is 0 Å². The smallest absolute Gasteiger partial charge is 0.201 e. The fraction of sp³-hybridized carbons (Fsp3) is 0.375. The molecule has 0 saturated heterocycles. The zero-order chi connectivity index (χ0) is 9.84. The van der Waals surface area contributed by atoms with E-state index in [1.165, 1.54) is 0 Å². The molecular weight excluding hydrogens is 166 g/mol. The van der Waals surface area contributed by atoms with Gasteiger partial charge in [-0.1, -0.05) is 11.8 Å². The van der Waals surface area contributed by atoms with Crippen molar-refractivity contribution in [3.8, 4) is 0 Å². The molecule has 1 aromatic heterocycles. The molecule has 0 aromatic carbocycles. The third-order valence-electron chi connectivity index (χ3n) is 1.36. The van der Waals surface area contributed by atoms with Gasteiger partial charge in [-0.05, 0) is 12.5 Å². The fourth-order valence-corrected chi connectivity index (χ4v) is 0.809. The van der Waals surface area contributed by atoms with E-state index in [0.717, 1.165) is 11.3 Å². The van der Waals surface area contributed by atoms with Gasteiger partial charge in [0.15, 0.2) is 0 Å². The van der Waals surface area contributed by atoms with Crippen LogP contribution in [0.1, 0.15) is 12.6 Å². The second-order valence-corrected chi connectivity index (χ2v) is 2.92. The van der Waals surface area contributed by atoms with E-state index in [9.17, 15) is 0 Å². The van der Waals surface area contributed by atoms with Gasteiger partial charge in [-0.2, -0.15) is 0 Å². The molecule has 1 aromatic rings. The van der Waals surface area contributed by atoms with E-state index < -0.39 is 0 Å². The van der Waals surface area contributed by atoms with E-state index in [2.05, 4.69) is 26.9 Å². The number of aromatic amines is 1. The summed E-state index contributed by atoms with van der Waals surface area (Å²) in [5.41, 5.74) is 1.72. The minimum Gasteiger partial charge on any atom is -0.343 e. The Morgan fingerprint density at radius 2 is 2.31 bits per heavy atom. The van der Waals surface area contributed by atoms with Gasteiger partial charge in [0.2, 0.25) is 5.82 Å². The maximum absolute atomic E-state index is 4.01. The highest BCUT2D eigenvalue weighted by molar-refractivity contribution is 5.65. The Morgan fingerprint density at radius 1 is 1.62 bits per heavy atom. The van der Waals surface area contributed by atoms with Crippen LogP contribution in [0.25, 0.3) is 5.57 Å². The summed E-state index contributed by atoms with van der Waals surface area (Å²) in [4.78, 5) is 6.95. The van der Waals surface area contributed by atoms with Crippen molar-refractivity contribution in [2.24, 2.45) is 10.3 Å². The molecule has 0 aliphatic rings. The predicted octanol–water partition coefficient (Wildman–Crippen LogP) is 2.00. The maximum atomic E-state index is 4.01.